The summed E-state index contributed by atoms with van der Waals surface area (Å²) in [6, 6.07) is 5.57. The van der Waals surface area contributed by atoms with Crippen LogP contribution in [-0.2, 0) is 9.59 Å². The third-order valence-electron chi connectivity index (χ3n) is 3.85. The lowest BCUT2D eigenvalue weighted by atomic mass is 9.78. The van der Waals surface area contributed by atoms with E-state index < -0.39 is 17.8 Å². The van der Waals surface area contributed by atoms with Gasteiger partial charge >= 0.3 is 0 Å². The monoisotopic (exact) mass is 338 g/mol. The van der Waals surface area contributed by atoms with Crippen molar-refractivity contribution in [2.24, 2.45) is 11.8 Å². The topological polar surface area (TPSA) is 69.2 Å². The molecule has 2 atom stereocenters. The molecule has 0 unspecified atom stereocenters. The van der Waals surface area contributed by atoms with Gasteiger partial charge in [-0.1, -0.05) is 28.8 Å². The highest BCUT2D eigenvalue weighted by Crippen LogP contribution is 2.31. The first kappa shape index (κ1) is 15.0. The van der Waals surface area contributed by atoms with Crippen LogP contribution in [0.2, 0.25) is 0 Å². The Bertz CT molecular complexity index is 530. The summed E-state index contributed by atoms with van der Waals surface area (Å²) in [5.41, 5.74) is 1.66. The number of aliphatic carboxylic acids is 1. The number of hydrogen-bond acceptors (Lipinski definition) is 3. The van der Waals surface area contributed by atoms with Crippen molar-refractivity contribution in [3.05, 3.63) is 28.2 Å². The lowest BCUT2D eigenvalue weighted by Crippen LogP contribution is -2.42. The van der Waals surface area contributed by atoms with Crippen LogP contribution in [0.4, 0.5) is 5.69 Å². The Morgan fingerprint density at radius 2 is 1.90 bits per heavy atom. The summed E-state index contributed by atoms with van der Waals surface area (Å²) < 4.78 is 0.943. The van der Waals surface area contributed by atoms with Gasteiger partial charge in [0.05, 0.1) is 0 Å². The molecule has 0 spiro atoms. The first-order valence-corrected chi connectivity index (χ1v) is 7.56. The lowest BCUT2D eigenvalue weighted by Gasteiger charge is -2.31. The smallest absolute Gasteiger partial charge is 0.228 e. The molecule has 1 aromatic rings. The minimum Gasteiger partial charge on any atom is -0.550 e. The fourth-order valence-corrected chi connectivity index (χ4v) is 3.20. The molecule has 0 saturated heterocycles. The number of anilines is 1. The number of benzene rings is 1. The van der Waals surface area contributed by atoms with E-state index in [1.165, 1.54) is 0 Å². The maximum Gasteiger partial charge on any atom is 0.228 e. The minimum absolute atomic E-state index is 0.218. The maximum atomic E-state index is 12.3. The Morgan fingerprint density at radius 1 is 1.25 bits per heavy atom. The Kier molecular flexibility index (Phi) is 4.81. The first-order valence-electron chi connectivity index (χ1n) is 6.77. The highest BCUT2D eigenvalue weighted by atomic mass is 79.9. The molecule has 1 aromatic carbocycles. The van der Waals surface area contributed by atoms with Gasteiger partial charge in [-0.05, 0) is 43.5 Å². The third kappa shape index (κ3) is 3.39. The maximum absolute atomic E-state index is 12.3. The third-order valence-corrected chi connectivity index (χ3v) is 4.35. The number of carbonyl (C=O) groups excluding carboxylic acids is 2. The van der Waals surface area contributed by atoms with Gasteiger partial charge in [-0.25, -0.2) is 0 Å². The molecule has 1 N–H and O–H groups in total. The van der Waals surface area contributed by atoms with Crippen LogP contribution in [0, 0.1) is 18.8 Å². The fraction of sp³-hybridized carbons (Fsp3) is 0.467. The van der Waals surface area contributed by atoms with E-state index in [4.69, 9.17) is 0 Å². The molecule has 0 aliphatic heterocycles. The van der Waals surface area contributed by atoms with Crippen LogP contribution in [0.25, 0.3) is 0 Å². The average molecular weight is 339 g/mol. The highest BCUT2D eigenvalue weighted by Gasteiger charge is 2.31. The number of aryl methyl sites for hydroxylation is 1. The predicted molar refractivity (Wildman–Crippen MR) is 78.0 cm³/mol. The number of nitrogens with one attached hydrogen (secondary N) is 1. The molecular formula is C15H17BrNO3-. The van der Waals surface area contributed by atoms with Crippen LogP contribution in [0.15, 0.2) is 22.7 Å². The Morgan fingerprint density at radius 3 is 2.50 bits per heavy atom. The second-order valence-corrected chi connectivity index (χ2v) is 6.18. The Balaban J connectivity index is 2.12. The SMILES string of the molecule is Cc1cc(Br)ccc1NC(=O)[C@@H]1CCCC[C@@H]1C(=O)[O-]. The average Bonchev–Trinajstić information content (AvgIpc) is 2.41. The normalized spacial score (nSPS) is 22.3. The zero-order valence-corrected chi connectivity index (χ0v) is 12.9. The van der Waals surface area contributed by atoms with Crippen molar-refractivity contribution in [2.75, 3.05) is 5.32 Å². The number of rotatable bonds is 3. The number of carboxylic acids is 1. The number of halogens is 1. The largest absolute Gasteiger partial charge is 0.550 e. The van der Waals surface area contributed by atoms with E-state index in [9.17, 15) is 14.7 Å². The van der Waals surface area contributed by atoms with Crippen molar-refractivity contribution in [2.45, 2.75) is 32.6 Å². The van der Waals surface area contributed by atoms with E-state index >= 15 is 0 Å². The van der Waals surface area contributed by atoms with Gasteiger partial charge in [-0.2, -0.15) is 0 Å². The van der Waals surface area contributed by atoms with Gasteiger partial charge in [-0.15, -0.1) is 0 Å². The van der Waals surface area contributed by atoms with Gasteiger partial charge < -0.3 is 15.2 Å². The van der Waals surface area contributed by atoms with Crippen LogP contribution >= 0.6 is 15.9 Å². The Labute approximate surface area is 126 Å². The zero-order chi connectivity index (χ0) is 14.7. The molecule has 1 aliphatic rings. The predicted octanol–water partition coefficient (Wildman–Crippen LogP) is 2.25. The summed E-state index contributed by atoms with van der Waals surface area (Å²) in [4.78, 5) is 23.4. The molecule has 1 amide bonds. The summed E-state index contributed by atoms with van der Waals surface area (Å²) in [7, 11) is 0. The minimum atomic E-state index is -1.11. The van der Waals surface area contributed by atoms with E-state index in [1.54, 1.807) is 0 Å². The van der Waals surface area contributed by atoms with Crippen molar-refractivity contribution < 1.29 is 14.7 Å². The molecule has 5 heteroatoms. The molecular weight excluding hydrogens is 322 g/mol. The first-order chi connectivity index (χ1) is 9.49. The molecule has 2 rings (SSSR count). The molecule has 108 valence electrons. The second kappa shape index (κ2) is 6.39. The molecule has 4 nitrogen and oxygen atoms in total. The standard InChI is InChI=1S/C15H18BrNO3/c1-9-8-10(16)6-7-13(9)17-14(18)11-4-2-3-5-12(11)15(19)20/h6-8,11-12H,2-5H2,1H3,(H,17,18)(H,19,20)/p-1/t11-,12+/m1/s1. The van der Waals surface area contributed by atoms with Gasteiger partial charge in [-0.3, -0.25) is 4.79 Å². The Hall–Kier alpha value is -1.36. The van der Waals surface area contributed by atoms with Gasteiger partial charge in [0.15, 0.2) is 0 Å². The van der Waals surface area contributed by atoms with Gasteiger partial charge in [0.25, 0.3) is 0 Å². The molecule has 0 radical (unpaired) electrons. The molecule has 0 heterocycles. The number of hydrogen-bond donors (Lipinski definition) is 1. The quantitative estimate of drug-likeness (QED) is 0.918. The molecule has 0 aromatic heterocycles. The second-order valence-electron chi connectivity index (χ2n) is 5.26. The van der Waals surface area contributed by atoms with Crippen LogP contribution in [0.3, 0.4) is 0 Å². The molecule has 20 heavy (non-hydrogen) atoms. The summed E-state index contributed by atoms with van der Waals surface area (Å²) in [5, 5.41) is 14.0. The molecule has 1 fully saturated rings. The van der Waals surface area contributed by atoms with Crippen molar-refractivity contribution in [1.29, 1.82) is 0 Å². The summed E-state index contributed by atoms with van der Waals surface area (Å²) in [6.45, 7) is 1.90. The summed E-state index contributed by atoms with van der Waals surface area (Å²) in [6.07, 6.45) is 2.88. The number of amides is 1. The highest BCUT2D eigenvalue weighted by molar-refractivity contribution is 9.10. The van der Waals surface area contributed by atoms with Gasteiger partial charge in [0.2, 0.25) is 5.91 Å². The van der Waals surface area contributed by atoms with E-state index in [0.29, 0.717) is 12.8 Å². The van der Waals surface area contributed by atoms with E-state index in [1.807, 2.05) is 25.1 Å². The summed E-state index contributed by atoms with van der Waals surface area (Å²) in [5.74, 6) is -2.49. The lowest BCUT2D eigenvalue weighted by molar-refractivity contribution is -0.313. The molecule has 1 aliphatic carbocycles. The molecule has 0 bridgehead atoms. The van der Waals surface area contributed by atoms with Crippen LogP contribution in [0.1, 0.15) is 31.2 Å². The van der Waals surface area contributed by atoms with E-state index in [2.05, 4.69) is 21.2 Å². The van der Waals surface area contributed by atoms with E-state index in [-0.39, 0.29) is 5.91 Å². The van der Waals surface area contributed by atoms with E-state index in [0.717, 1.165) is 28.6 Å². The van der Waals surface area contributed by atoms with Crippen LogP contribution < -0.4 is 10.4 Å². The van der Waals surface area contributed by atoms with Crippen molar-refractivity contribution >= 4 is 33.5 Å². The number of carboxylic acid groups (broad SMARTS) is 1. The van der Waals surface area contributed by atoms with Crippen LogP contribution in [0.5, 0.6) is 0 Å². The van der Waals surface area contributed by atoms with Gasteiger partial charge in [0.1, 0.15) is 0 Å². The van der Waals surface area contributed by atoms with Crippen molar-refractivity contribution in [1.82, 2.24) is 0 Å². The fourth-order valence-electron chi connectivity index (χ4n) is 2.72. The zero-order valence-electron chi connectivity index (χ0n) is 11.3. The van der Waals surface area contributed by atoms with Crippen molar-refractivity contribution in [3.63, 3.8) is 0 Å². The van der Waals surface area contributed by atoms with Crippen molar-refractivity contribution in [3.8, 4) is 0 Å². The van der Waals surface area contributed by atoms with Crippen LogP contribution in [-0.4, -0.2) is 11.9 Å². The van der Waals surface area contributed by atoms with Gasteiger partial charge in [0, 0.05) is 28.0 Å². The molecule has 1 saturated carbocycles. The summed E-state index contributed by atoms with van der Waals surface area (Å²) >= 11 is 3.37. The number of carbonyl (C=O) groups is 2.